The third-order valence-electron chi connectivity index (χ3n) is 2.81. The summed E-state index contributed by atoms with van der Waals surface area (Å²) in [4.78, 5) is 4.14. The standard InChI is InChI=1S/C12H14FN3O/c1-7-8(2)16(6-15-7)11-5-12(17-3)10(14)4-9(11)13/h4-6H,14H2,1-3H3. The molecule has 90 valence electrons. The van der Waals surface area contributed by atoms with E-state index in [0.717, 1.165) is 11.4 Å². The van der Waals surface area contributed by atoms with Crippen molar-refractivity contribution in [2.24, 2.45) is 0 Å². The largest absolute Gasteiger partial charge is 0.495 e. The molecule has 0 saturated carbocycles. The summed E-state index contributed by atoms with van der Waals surface area (Å²) in [6.07, 6.45) is 1.58. The van der Waals surface area contributed by atoms with Crippen LogP contribution in [0.15, 0.2) is 18.5 Å². The minimum atomic E-state index is -0.399. The number of methoxy groups -OCH3 is 1. The molecule has 0 aliphatic carbocycles. The maximum Gasteiger partial charge on any atom is 0.149 e. The van der Waals surface area contributed by atoms with Gasteiger partial charge in [0.2, 0.25) is 0 Å². The second kappa shape index (κ2) is 4.08. The molecule has 0 saturated heterocycles. The van der Waals surface area contributed by atoms with Gasteiger partial charge in [0.15, 0.2) is 0 Å². The molecule has 1 aromatic heterocycles. The van der Waals surface area contributed by atoms with Gasteiger partial charge in [0.25, 0.3) is 0 Å². The van der Waals surface area contributed by atoms with Gasteiger partial charge in [-0.25, -0.2) is 9.37 Å². The van der Waals surface area contributed by atoms with Crippen molar-refractivity contribution in [1.82, 2.24) is 9.55 Å². The van der Waals surface area contributed by atoms with Gasteiger partial charge in [-0.15, -0.1) is 0 Å². The van der Waals surface area contributed by atoms with Crippen molar-refractivity contribution >= 4 is 5.69 Å². The van der Waals surface area contributed by atoms with Gasteiger partial charge in [0.05, 0.1) is 30.5 Å². The molecule has 2 N–H and O–H groups in total. The first-order valence-electron chi connectivity index (χ1n) is 5.18. The number of anilines is 1. The summed E-state index contributed by atoms with van der Waals surface area (Å²) in [5, 5.41) is 0. The molecule has 1 aromatic carbocycles. The van der Waals surface area contributed by atoms with Crippen molar-refractivity contribution in [1.29, 1.82) is 0 Å². The quantitative estimate of drug-likeness (QED) is 0.812. The van der Waals surface area contributed by atoms with Gasteiger partial charge in [-0.05, 0) is 13.8 Å². The Hall–Kier alpha value is -2.04. The number of imidazole rings is 1. The van der Waals surface area contributed by atoms with Crippen LogP contribution in [0.4, 0.5) is 10.1 Å². The lowest BCUT2D eigenvalue weighted by atomic mass is 10.2. The molecule has 0 atom stereocenters. The number of nitrogen functional groups attached to an aromatic ring is 1. The van der Waals surface area contributed by atoms with Gasteiger partial charge in [-0.3, -0.25) is 0 Å². The summed E-state index contributed by atoms with van der Waals surface area (Å²) >= 11 is 0. The summed E-state index contributed by atoms with van der Waals surface area (Å²) in [6.45, 7) is 3.75. The molecule has 0 spiro atoms. The first kappa shape index (κ1) is 11.4. The Morgan fingerprint density at radius 3 is 2.59 bits per heavy atom. The van der Waals surface area contributed by atoms with Crippen LogP contribution in [-0.4, -0.2) is 16.7 Å². The van der Waals surface area contributed by atoms with Crippen LogP contribution in [-0.2, 0) is 0 Å². The minimum Gasteiger partial charge on any atom is -0.495 e. The molecule has 5 heteroatoms. The number of rotatable bonds is 2. The Bertz CT molecular complexity index is 563. The fraction of sp³-hybridized carbons (Fsp3) is 0.250. The van der Waals surface area contributed by atoms with Crippen molar-refractivity contribution in [3.8, 4) is 11.4 Å². The van der Waals surface area contributed by atoms with Crippen molar-refractivity contribution in [2.45, 2.75) is 13.8 Å². The highest BCUT2D eigenvalue weighted by molar-refractivity contribution is 5.58. The molecule has 17 heavy (non-hydrogen) atoms. The molecule has 0 aliphatic rings. The molecule has 1 heterocycles. The number of halogens is 1. The Kier molecular flexibility index (Phi) is 2.75. The predicted octanol–water partition coefficient (Wildman–Crippen LogP) is 2.22. The maximum absolute atomic E-state index is 13.9. The van der Waals surface area contributed by atoms with Crippen LogP contribution in [0.1, 0.15) is 11.4 Å². The Labute approximate surface area is 98.8 Å². The van der Waals surface area contributed by atoms with Crippen molar-refractivity contribution in [2.75, 3.05) is 12.8 Å². The molecule has 0 fully saturated rings. The second-order valence-electron chi connectivity index (χ2n) is 3.83. The summed E-state index contributed by atoms with van der Waals surface area (Å²) in [6, 6.07) is 2.82. The Morgan fingerprint density at radius 2 is 2.06 bits per heavy atom. The number of aryl methyl sites for hydroxylation is 1. The third kappa shape index (κ3) is 1.84. The number of benzene rings is 1. The Morgan fingerprint density at radius 1 is 1.35 bits per heavy atom. The van der Waals surface area contributed by atoms with Gasteiger partial charge in [-0.2, -0.15) is 0 Å². The van der Waals surface area contributed by atoms with Crippen LogP contribution in [0.3, 0.4) is 0 Å². The molecule has 0 radical (unpaired) electrons. The summed E-state index contributed by atoms with van der Waals surface area (Å²) < 4.78 is 20.6. The van der Waals surface area contributed by atoms with E-state index in [9.17, 15) is 4.39 Å². The van der Waals surface area contributed by atoms with E-state index in [0.29, 0.717) is 11.4 Å². The molecule has 0 aliphatic heterocycles. The van der Waals surface area contributed by atoms with E-state index in [1.807, 2.05) is 13.8 Å². The topological polar surface area (TPSA) is 53.1 Å². The van der Waals surface area contributed by atoms with Gasteiger partial charge in [0.1, 0.15) is 11.6 Å². The van der Waals surface area contributed by atoms with Crippen LogP contribution in [0.25, 0.3) is 5.69 Å². The van der Waals surface area contributed by atoms with Gasteiger partial charge >= 0.3 is 0 Å². The second-order valence-corrected chi connectivity index (χ2v) is 3.83. The number of aromatic nitrogens is 2. The zero-order valence-corrected chi connectivity index (χ0v) is 9.99. The highest BCUT2D eigenvalue weighted by Crippen LogP contribution is 2.28. The lowest BCUT2D eigenvalue weighted by Crippen LogP contribution is -2.02. The lowest BCUT2D eigenvalue weighted by Gasteiger charge is -2.11. The minimum absolute atomic E-state index is 0.281. The number of ether oxygens (including phenoxy) is 1. The van der Waals surface area contributed by atoms with Crippen LogP contribution in [0, 0.1) is 19.7 Å². The van der Waals surface area contributed by atoms with E-state index in [4.69, 9.17) is 10.5 Å². The predicted molar refractivity (Wildman–Crippen MR) is 64.0 cm³/mol. The Balaban J connectivity index is 2.63. The number of hydrogen-bond acceptors (Lipinski definition) is 3. The molecule has 0 amide bonds. The van der Waals surface area contributed by atoms with Crippen LogP contribution < -0.4 is 10.5 Å². The molecule has 2 rings (SSSR count). The van der Waals surface area contributed by atoms with Gasteiger partial charge in [0, 0.05) is 17.8 Å². The number of nitrogens with two attached hydrogens (primary N) is 1. The molecule has 4 nitrogen and oxygen atoms in total. The third-order valence-corrected chi connectivity index (χ3v) is 2.81. The highest BCUT2D eigenvalue weighted by Gasteiger charge is 2.12. The van der Waals surface area contributed by atoms with E-state index in [-0.39, 0.29) is 5.69 Å². The smallest absolute Gasteiger partial charge is 0.149 e. The van der Waals surface area contributed by atoms with Crippen molar-refractivity contribution < 1.29 is 9.13 Å². The normalized spacial score (nSPS) is 10.6. The van der Waals surface area contributed by atoms with Gasteiger partial charge in [-0.1, -0.05) is 0 Å². The van der Waals surface area contributed by atoms with E-state index >= 15 is 0 Å². The molecule has 0 bridgehead atoms. The molecule has 2 aromatic rings. The monoisotopic (exact) mass is 235 g/mol. The van der Waals surface area contributed by atoms with E-state index < -0.39 is 5.82 Å². The summed E-state index contributed by atoms with van der Waals surface area (Å²) in [5.41, 5.74) is 8.04. The van der Waals surface area contributed by atoms with E-state index in [1.54, 1.807) is 17.0 Å². The lowest BCUT2D eigenvalue weighted by molar-refractivity contribution is 0.415. The average molecular weight is 235 g/mol. The molecule has 0 unspecified atom stereocenters. The summed E-state index contributed by atoms with van der Waals surface area (Å²) in [5.74, 6) is 0.0518. The fourth-order valence-electron chi connectivity index (χ4n) is 1.66. The van der Waals surface area contributed by atoms with Crippen LogP contribution >= 0.6 is 0 Å². The average Bonchev–Trinajstić information content (AvgIpc) is 2.61. The number of nitrogens with zero attached hydrogens (tertiary/aromatic N) is 2. The SMILES string of the molecule is COc1cc(-n2cnc(C)c2C)c(F)cc1N. The van der Waals surface area contributed by atoms with E-state index in [2.05, 4.69) is 4.98 Å². The number of hydrogen-bond donors (Lipinski definition) is 1. The maximum atomic E-state index is 13.9. The molecular formula is C12H14FN3O. The van der Waals surface area contributed by atoms with Crippen molar-refractivity contribution in [3.63, 3.8) is 0 Å². The summed E-state index contributed by atoms with van der Waals surface area (Å²) in [7, 11) is 1.50. The van der Waals surface area contributed by atoms with Crippen LogP contribution in [0.2, 0.25) is 0 Å². The van der Waals surface area contributed by atoms with Crippen molar-refractivity contribution in [3.05, 3.63) is 35.7 Å². The fourth-order valence-corrected chi connectivity index (χ4v) is 1.66. The first-order chi connectivity index (χ1) is 8.04. The van der Waals surface area contributed by atoms with Gasteiger partial charge < -0.3 is 15.0 Å². The van der Waals surface area contributed by atoms with Crippen LogP contribution in [0.5, 0.6) is 5.75 Å². The zero-order valence-electron chi connectivity index (χ0n) is 9.99. The zero-order chi connectivity index (χ0) is 12.6. The highest BCUT2D eigenvalue weighted by atomic mass is 19.1. The van der Waals surface area contributed by atoms with E-state index in [1.165, 1.54) is 13.2 Å². The molecular weight excluding hydrogens is 221 g/mol. The first-order valence-corrected chi connectivity index (χ1v) is 5.18.